The maximum absolute atomic E-state index is 9.42. The lowest BCUT2D eigenvalue weighted by atomic mass is 9.96. The third-order valence-corrected chi connectivity index (χ3v) is 5.85. The van der Waals surface area contributed by atoms with E-state index >= 15 is 0 Å². The third-order valence-electron chi connectivity index (χ3n) is 5.85. The van der Waals surface area contributed by atoms with Gasteiger partial charge in [-0.25, -0.2) is 0 Å². The summed E-state index contributed by atoms with van der Waals surface area (Å²) in [6.07, 6.45) is 9.36. The van der Waals surface area contributed by atoms with Crippen LogP contribution in [-0.2, 0) is 12.8 Å². The smallest absolute Gasteiger partial charge is 0.0867 e. The fourth-order valence-corrected chi connectivity index (χ4v) is 4.17. The van der Waals surface area contributed by atoms with E-state index in [0.29, 0.717) is 0 Å². The molecule has 1 fully saturated rings. The van der Waals surface area contributed by atoms with E-state index in [9.17, 15) is 5.21 Å². The highest BCUT2D eigenvalue weighted by Gasteiger charge is 2.10. The van der Waals surface area contributed by atoms with Crippen molar-refractivity contribution in [3.05, 3.63) is 70.8 Å². The summed E-state index contributed by atoms with van der Waals surface area (Å²) < 4.78 is 0. The molecule has 2 aromatic rings. The summed E-state index contributed by atoms with van der Waals surface area (Å²) in [5.41, 5.74) is 5.95. The molecule has 3 rings (SSSR count). The van der Waals surface area contributed by atoms with E-state index in [2.05, 4.69) is 53.4 Å². The molecule has 1 N–H and O–H groups in total. The quantitative estimate of drug-likeness (QED) is 0.349. The molecule has 1 heterocycles. The molecule has 3 nitrogen and oxygen atoms in total. The van der Waals surface area contributed by atoms with Crippen LogP contribution in [0.4, 0.5) is 0 Å². The summed E-state index contributed by atoms with van der Waals surface area (Å²) in [7, 11) is 0. The molecule has 1 aliphatic rings. The Labute approximate surface area is 170 Å². The van der Waals surface area contributed by atoms with Gasteiger partial charge in [-0.3, -0.25) is 0 Å². The maximum Gasteiger partial charge on any atom is 0.0867 e. The summed E-state index contributed by atoms with van der Waals surface area (Å²) in [6.45, 7) is 5.86. The van der Waals surface area contributed by atoms with Gasteiger partial charge in [0.05, 0.1) is 5.71 Å². The molecule has 2 aromatic carbocycles. The molecular weight excluding hydrogens is 344 g/mol. The Morgan fingerprint density at radius 1 is 0.893 bits per heavy atom. The molecular formula is C25H34N2O. The van der Waals surface area contributed by atoms with Crippen molar-refractivity contribution < 1.29 is 5.21 Å². The van der Waals surface area contributed by atoms with Crippen molar-refractivity contribution in [2.75, 3.05) is 19.6 Å². The number of hydrogen-bond donors (Lipinski definition) is 1. The van der Waals surface area contributed by atoms with Crippen LogP contribution in [0.3, 0.4) is 0 Å². The lowest BCUT2D eigenvalue weighted by Gasteiger charge is -2.26. The lowest BCUT2D eigenvalue weighted by molar-refractivity contribution is 0.226. The van der Waals surface area contributed by atoms with Crippen LogP contribution in [0.15, 0.2) is 53.7 Å². The first-order valence-corrected chi connectivity index (χ1v) is 10.8. The van der Waals surface area contributed by atoms with Crippen LogP contribution in [0.1, 0.15) is 60.8 Å². The van der Waals surface area contributed by atoms with Crippen molar-refractivity contribution in [2.24, 2.45) is 5.16 Å². The number of benzene rings is 2. The molecule has 0 spiro atoms. The van der Waals surface area contributed by atoms with E-state index in [1.165, 1.54) is 62.0 Å². The summed E-state index contributed by atoms with van der Waals surface area (Å²) in [6, 6.07) is 17.1. The minimum atomic E-state index is 0.780. The number of piperidine rings is 1. The zero-order valence-electron chi connectivity index (χ0n) is 17.2. The van der Waals surface area contributed by atoms with Gasteiger partial charge in [-0.15, -0.1) is 0 Å². The molecule has 1 saturated heterocycles. The second-order valence-corrected chi connectivity index (χ2v) is 8.04. The van der Waals surface area contributed by atoms with Crippen molar-refractivity contribution in [1.29, 1.82) is 0 Å². The molecule has 0 atom stereocenters. The Balaban J connectivity index is 1.49. The Kier molecular flexibility index (Phi) is 8.10. The van der Waals surface area contributed by atoms with Gasteiger partial charge in [0, 0.05) is 0 Å². The fourth-order valence-electron chi connectivity index (χ4n) is 4.17. The van der Waals surface area contributed by atoms with Crippen molar-refractivity contribution >= 4 is 5.71 Å². The van der Waals surface area contributed by atoms with Crippen LogP contribution in [0, 0.1) is 6.92 Å². The van der Waals surface area contributed by atoms with E-state index in [4.69, 9.17) is 0 Å². The highest BCUT2D eigenvalue weighted by Crippen LogP contribution is 2.17. The Bertz CT molecular complexity index is 745. The molecule has 0 amide bonds. The zero-order valence-corrected chi connectivity index (χ0v) is 17.2. The number of aryl methyl sites for hydroxylation is 3. The van der Waals surface area contributed by atoms with Crippen molar-refractivity contribution in [2.45, 2.75) is 58.3 Å². The Morgan fingerprint density at radius 3 is 2.18 bits per heavy atom. The van der Waals surface area contributed by atoms with Crippen LogP contribution < -0.4 is 0 Å². The van der Waals surface area contributed by atoms with Gasteiger partial charge in [0.1, 0.15) is 0 Å². The second kappa shape index (κ2) is 11.0. The number of hydrogen-bond acceptors (Lipinski definition) is 3. The number of rotatable bonds is 9. The maximum atomic E-state index is 9.42. The molecule has 150 valence electrons. The molecule has 3 heteroatoms. The summed E-state index contributed by atoms with van der Waals surface area (Å²) >= 11 is 0. The summed E-state index contributed by atoms with van der Waals surface area (Å²) in [4.78, 5) is 2.62. The van der Waals surface area contributed by atoms with Gasteiger partial charge in [-0.05, 0) is 88.2 Å². The predicted molar refractivity (Wildman–Crippen MR) is 117 cm³/mol. The average Bonchev–Trinajstić information content (AvgIpc) is 2.74. The lowest BCUT2D eigenvalue weighted by Crippen LogP contribution is -2.30. The van der Waals surface area contributed by atoms with Crippen molar-refractivity contribution in [3.8, 4) is 0 Å². The first kappa shape index (κ1) is 20.6. The van der Waals surface area contributed by atoms with Gasteiger partial charge in [0.2, 0.25) is 0 Å². The molecule has 0 bridgehead atoms. The van der Waals surface area contributed by atoms with Crippen LogP contribution in [0.5, 0.6) is 0 Å². The summed E-state index contributed by atoms with van der Waals surface area (Å²) in [5.74, 6) is 0. The van der Waals surface area contributed by atoms with Crippen LogP contribution in [0.2, 0.25) is 0 Å². The molecule has 0 aromatic heterocycles. The number of likely N-dealkylation sites (tertiary alicyclic amines) is 1. The Hall–Kier alpha value is -2.13. The average molecular weight is 379 g/mol. The minimum absolute atomic E-state index is 0.780. The molecule has 28 heavy (non-hydrogen) atoms. The van der Waals surface area contributed by atoms with Gasteiger partial charge < -0.3 is 10.1 Å². The van der Waals surface area contributed by atoms with E-state index in [1.807, 2.05) is 12.1 Å². The first-order chi connectivity index (χ1) is 13.8. The van der Waals surface area contributed by atoms with Gasteiger partial charge >= 0.3 is 0 Å². The third kappa shape index (κ3) is 6.20. The topological polar surface area (TPSA) is 35.8 Å². The normalized spacial score (nSPS) is 15.7. The predicted octanol–water partition coefficient (Wildman–Crippen LogP) is 5.61. The van der Waals surface area contributed by atoms with Crippen molar-refractivity contribution in [1.82, 2.24) is 4.90 Å². The second-order valence-electron chi connectivity index (χ2n) is 8.04. The van der Waals surface area contributed by atoms with E-state index < -0.39 is 0 Å². The van der Waals surface area contributed by atoms with Gasteiger partial charge in [-0.1, -0.05) is 65.7 Å². The van der Waals surface area contributed by atoms with E-state index in [0.717, 1.165) is 37.0 Å². The van der Waals surface area contributed by atoms with Gasteiger partial charge in [0.15, 0.2) is 0 Å². The molecule has 0 unspecified atom stereocenters. The standard InChI is InChI=1S/C25H34N2O/c1-21-14-16-24(17-15-21)25(26-28)13-7-11-22-9-3-4-10-23(22)12-8-20-27-18-5-2-6-19-27/h3-4,9-10,14-17,28H,2,5-8,11-13,18-20H2,1H3. The molecule has 0 radical (unpaired) electrons. The largest absolute Gasteiger partial charge is 0.411 e. The van der Waals surface area contributed by atoms with Crippen LogP contribution >= 0.6 is 0 Å². The van der Waals surface area contributed by atoms with Gasteiger partial charge in [-0.2, -0.15) is 0 Å². The molecule has 0 saturated carbocycles. The molecule has 0 aliphatic carbocycles. The summed E-state index contributed by atoms with van der Waals surface area (Å²) in [5, 5.41) is 13.0. The minimum Gasteiger partial charge on any atom is -0.411 e. The first-order valence-electron chi connectivity index (χ1n) is 10.8. The van der Waals surface area contributed by atoms with Gasteiger partial charge in [0.25, 0.3) is 0 Å². The highest BCUT2D eigenvalue weighted by atomic mass is 16.4. The van der Waals surface area contributed by atoms with E-state index in [-0.39, 0.29) is 0 Å². The number of oxime groups is 1. The van der Waals surface area contributed by atoms with Crippen LogP contribution in [-0.4, -0.2) is 35.5 Å². The zero-order chi connectivity index (χ0) is 19.6. The highest BCUT2D eigenvalue weighted by molar-refractivity contribution is 6.00. The Morgan fingerprint density at radius 2 is 1.54 bits per heavy atom. The SMILES string of the molecule is Cc1ccc(C(CCCc2ccccc2CCCN2CCCCC2)=NO)cc1. The molecule has 1 aliphatic heterocycles. The number of nitrogens with zero attached hydrogens (tertiary/aromatic N) is 2. The monoisotopic (exact) mass is 378 g/mol. The van der Waals surface area contributed by atoms with Crippen molar-refractivity contribution in [3.63, 3.8) is 0 Å². The van der Waals surface area contributed by atoms with E-state index in [1.54, 1.807) is 0 Å². The van der Waals surface area contributed by atoms with Crippen LogP contribution in [0.25, 0.3) is 0 Å². The fraction of sp³-hybridized carbons (Fsp3) is 0.480.